The van der Waals surface area contributed by atoms with Crippen LogP contribution in [-0.4, -0.2) is 43.7 Å². The number of carbonyl (C=O) groups is 1. The number of aromatic nitrogens is 3. The van der Waals surface area contributed by atoms with Crippen LogP contribution in [0.1, 0.15) is 58.5 Å². The first-order valence-electron chi connectivity index (χ1n) is 9.05. The molecule has 1 saturated heterocycles. The maximum absolute atomic E-state index is 14.8. The van der Waals surface area contributed by atoms with E-state index in [1.165, 1.54) is 17.0 Å². The van der Waals surface area contributed by atoms with Crippen molar-refractivity contribution >= 4 is 6.09 Å². The Labute approximate surface area is 166 Å². The molecule has 0 saturated carbocycles. The second-order valence-electron chi connectivity index (χ2n) is 8.17. The number of hydrogen-bond acceptors (Lipinski definition) is 5. The number of rotatable bonds is 3. The van der Waals surface area contributed by atoms with Gasteiger partial charge in [0.2, 0.25) is 0 Å². The molecule has 1 aliphatic heterocycles. The lowest BCUT2D eigenvalue weighted by Crippen LogP contribution is -2.47. The van der Waals surface area contributed by atoms with Crippen LogP contribution in [0.3, 0.4) is 0 Å². The molecular formula is C19H23F3N4O3. The van der Waals surface area contributed by atoms with Crippen molar-refractivity contribution in [1.29, 1.82) is 0 Å². The lowest BCUT2D eigenvalue weighted by molar-refractivity contribution is -0.0626. The van der Waals surface area contributed by atoms with Crippen LogP contribution in [-0.2, 0) is 9.47 Å². The molecule has 1 aliphatic rings. The Morgan fingerprint density at radius 3 is 2.62 bits per heavy atom. The van der Waals surface area contributed by atoms with Crippen LogP contribution in [0.4, 0.5) is 18.0 Å². The van der Waals surface area contributed by atoms with Gasteiger partial charge in [-0.15, -0.1) is 0 Å². The average molecular weight is 412 g/mol. The molecule has 29 heavy (non-hydrogen) atoms. The van der Waals surface area contributed by atoms with E-state index >= 15 is 0 Å². The summed E-state index contributed by atoms with van der Waals surface area (Å²) in [6.07, 6.45) is -2.55. The minimum Gasteiger partial charge on any atom is -0.444 e. The van der Waals surface area contributed by atoms with Crippen LogP contribution in [0.5, 0.6) is 0 Å². The van der Waals surface area contributed by atoms with Crippen LogP contribution in [0.25, 0.3) is 5.69 Å². The number of amides is 1. The summed E-state index contributed by atoms with van der Waals surface area (Å²) in [4.78, 5) is 17.6. The van der Waals surface area contributed by atoms with Crippen molar-refractivity contribution in [1.82, 2.24) is 19.7 Å². The second-order valence-corrected chi connectivity index (χ2v) is 8.17. The molecule has 7 nitrogen and oxygen atoms in total. The Morgan fingerprint density at radius 1 is 1.34 bits per heavy atom. The van der Waals surface area contributed by atoms with Crippen LogP contribution in [0, 0.1) is 5.82 Å². The normalized spacial score (nSPS) is 19.1. The van der Waals surface area contributed by atoms with E-state index in [4.69, 9.17) is 9.47 Å². The Hall–Kier alpha value is -2.62. The predicted octanol–water partition coefficient (Wildman–Crippen LogP) is 4.39. The van der Waals surface area contributed by atoms with Gasteiger partial charge in [0.1, 0.15) is 29.2 Å². The monoisotopic (exact) mass is 412 g/mol. The molecule has 1 amide bonds. The second kappa shape index (κ2) is 7.33. The maximum Gasteiger partial charge on any atom is 0.413 e. The lowest BCUT2D eigenvalue weighted by atomic mass is 10.0. The van der Waals surface area contributed by atoms with Gasteiger partial charge in [-0.25, -0.2) is 27.6 Å². The molecule has 0 unspecified atom stereocenters. The van der Waals surface area contributed by atoms with Crippen molar-refractivity contribution in [3.05, 3.63) is 41.7 Å². The van der Waals surface area contributed by atoms with Crippen molar-refractivity contribution in [2.75, 3.05) is 6.61 Å². The molecule has 0 radical (unpaired) electrons. The third-order valence-corrected chi connectivity index (χ3v) is 4.43. The molecule has 158 valence electrons. The third-order valence-electron chi connectivity index (χ3n) is 4.43. The minimum absolute atomic E-state index is 0.136. The van der Waals surface area contributed by atoms with Crippen LogP contribution >= 0.6 is 0 Å². The van der Waals surface area contributed by atoms with Crippen LogP contribution in [0.15, 0.2) is 24.5 Å². The fraction of sp³-hybridized carbons (Fsp3) is 0.526. The van der Waals surface area contributed by atoms with E-state index in [1.807, 2.05) is 0 Å². The van der Waals surface area contributed by atoms with E-state index in [2.05, 4.69) is 10.1 Å². The molecule has 0 N–H and O–H groups in total. The van der Waals surface area contributed by atoms with E-state index in [1.54, 1.807) is 40.7 Å². The van der Waals surface area contributed by atoms with Crippen molar-refractivity contribution in [2.24, 2.45) is 0 Å². The average Bonchev–Trinajstić information content (AvgIpc) is 3.17. The summed E-state index contributed by atoms with van der Waals surface area (Å²) >= 11 is 0. The van der Waals surface area contributed by atoms with Crippen molar-refractivity contribution in [2.45, 2.75) is 58.4 Å². The number of alkyl halides is 2. The lowest BCUT2D eigenvalue weighted by Gasteiger charge is -2.35. The zero-order valence-electron chi connectivity index (χ0n) is 16.8. The summed E-state index contributed by atoms with van der Waals surface area (Å²) in [6.45, 7) is 8.81. The highest BCUT2D eigenvalue weighted by Gasteiger charge is 2.46. The largest absolute Gasteiger partial charge is 0.444 e. The molecule has 0 aliphatic carbocycles. The van der Waals surface area contributed by atoms with Crippen molar-refractivity contribution < 1.29 is 27.4 Å². The summed E-state index contributed by atoms with van der Waals surface area (Å²) in [5.41, 5.74) is -1.39. The molecule has 1 aromatic carbocycles. The van der Waals surface area contributed by atoms with Gasteiger partial charge in [0.15, 0.2) is 5.82 Å². The van der Waals surface area contributed by atoms with Gasteiger partial charge in [0, 0.05) is 0 Å². The van der Waals surface area contributed by atoms with Gasteiger partial charge in [-0.1, -0.05) is 6.07 Å². The number of halogens is 3. The van der Waals surface area contributed by atoms with Gasteiger partial charge in [-0.2, -0.15) is 5.10 Å². The highest BCUT2D eigenvalue weighted by Crippen LogP contribution is 2.38. The standard InChI is InChI=1S/C19H23F3N4O3/c1-18(2,3)29-17(27)25-14(9-28-19(25,4)5)11-6-7-13(12(20)8-11)26-16(15(21)22)23-10-24-26/h6-8,10,14-15H,9H2,1-5H3/t14-/m1/s1. The van der Waals surface area contributed by atoms with Crippen molar-refractivity contribution in [3.63, 3.8) is 0 Å². The number of nitrogens with zero attached hydrogens (tertiary/aromatic N) is 4. The van der Waals surface area contributed by atoms with E-state index in [0.717, 1.165) is 11.0 Å². The van der Waals surface area contributed by atoms with Gasteiger partial charge in [-0.05, 0) is 52.3 Å². The fourth-order valence-corrected chi connectivity index (χ4v) is 3.19. The van der Waals surface area contributed by atoms with Gasteiger partial charge < -0.3 is 9.47 Å². The maximum atomic E-state index is 14.8. The van der Waals surface area contributed by atoms with Gasteiger partial charge in [0.05, 0.1) is 12.6 Å². The summed E-state index contributed by atoms with van der Waals surface area (Å²) in [5, 5.41) is 3.68. The van der Waals surface area contributed by atoms with E-state index in [0.29, 0.717) is 5.56 Å². The summed E-state index contributed by atoms with van der Waals surface area (Å²) in [5.74, 6) is -1.43. The number of ether oxygens (including phenoxy) is 2. The van der Waals surface area contributed by atoms with Gasteiger partial charge in [0.25, 0.3) is 6.43 Å². The third kappa shape index (κ3) is 4.21. The first-order chi connectivity index (χ1) is 13.4. The molecule has 2 heterocycles. The summed E-state index contributed by atoms with van der Waals surface area (Å²) in [7, 11) is 0. The Morgan fingerprint density at radius 2 is 2.03 bits per heavy atom. The van der Waals surface area contributed by atoms with Gasteiger partial charge in [-0.3, -0.25) is 4.90 Å². The zero-order chi connectivity index (χ0) is 21.6. The molecule has 1 atom stereocenters. The molecule has 1 fully saturated rings. The molecule has 0 bridgehead atoms. The van der Waals surface area contributed by atoms with E-state index < -0.39 is 41.5 Å². The number of carbonyl (C=O) groups excluding carboxylic acids is 1. The highest BCUT2D eigenvalue weighted by molar-refractivity contribution is 5.70. The smallest absolute Gasteiger partial charge is 0.413 e. The molecule has 10 heteroatoms. The molecule has 3 rings (SSSR count). The topological polar surface area (TPSA) is 69.5 Å². The fourth-order valence-electron chi connectivity index (χ4n) is 3.19. The number of benzene rings is 1. The molecule has 0 spiro atoms. The predicted molar refractivity (Wildman–Crippen MR) is 97.1 cm³/mol. The Balaban J connectivity index is 1.94. The highest BCUT2D eigenvalue weighted by atomic mass is 19.3. The summed E-state index contributed by atoms with van der Waals surface area (Å²) < 4.78 is 52.8. The number of hydrogen-bond donors (Lipinski definition) is 0. The van der Waals surface area contributed by atoms with Crippen LogP contribution in [0.2, 0.25) is 0 Å². The first kappa shape index (κ1) is 21.1. The van der Waals surface area contributed by atoms with E-state index in [9.17, 15) is 18.0 Å². The summed E-state index contributed by atoms with van der Waals surface area (Å²) in [6, 6.07) is 3.44. The Kier molecular flexibility index (Phi) is 5.33. The first-order valence-corrected chi connectivity index (χ1v) is 9.05. The molecule has 2 aromatic rings. The molecular weight excluding hydrogens is 389 g/mol. The van der Waals surface area contributed by atoms with Gasteiger partial charge >= 0.3 is 6.09 Å². The van der Waals surface area contributed by atoms with Crippen LogP contribution < -0.4 is 0 Å². The van der Waals surface area contributed by atoms with Crippen molar-refractivity contribution in [3.8, 4) is 5.69 Å². The zero-order valence-corrected chi connectivity index (χ0v) is 16.8. The quantitative estimate of drug-likeness (QED) is 0.748. The Bertz CT molecular complexity index is 908. The molecule has 1 aromatic heterocycles. The SMILES string of the molecule is CC(C)(C)OC(=O)N1[C@@H](c2ccc(-n3ncnc3C(F)F)c(F)c2)COC1(C)C. The minimum atomic E-state index is -2.90. The van der Waals surface area contributed by atoms with E-state index in [-0.39, 0.29) is 12.3 Å².